The minimum atomic E-state index is -4.00. The van der Waals surface area contributed by atoms with E-state index in [-0.39, 0.29) is 41.1 Å². The number of ether oxygens (including phenoxy) is 1. The maximum Gasteiger partial charge on any atom is 1.00 e. The standard InChI is InChI=1S/C17H22N4O.C5H11NO2S.C2H6O3S2.Na/c1-14-13-16(15-5-3-2-4-6-15)19-20-17(14)18-7-8-21-9-11-22-12-10-21;1-5(2,9)3(6)4(7)8;3-7(4,5)2-1-6;/h2-6,13H,7-12H2,1H3,(H,18,20);3,9H,6H2,1-2H3,(H,7,8);6H,1-2H2,(H,3,4,5);/q;;;+1/p-1/t;3-;;/m.0../s1. The molecule has 0 aliphatic carbocycles. The molecule has 1 saturated heterocycles. The van der Waals surface area contributed by atoms with Crippen molar-refractivity contribution in [3.05, 3.63) is 42.0 Å². The van der Waals surface area contributed by atoms with Gasteiger partial charge in [0.25, 0.3) is 0 Å². The zero-order valence-electron chi connectivity index (χ0n) is 22.9. The Morgan fingerprint density at radius 3 is 2.26 bits per heavy atom. The minimum Gasteiger partial charge on any atom is -0.748 e. The average molecular weight is 612 g/mol. The number of nitrogens with one attached hydrogen (secondary N) is 1. The summed E-state index contributed by atoms with van der Waals surface area (Å²) in [7, 11) is -4.00. The number of carboxylic acid groups (broad SMARTS) is 1. The van der Waals surface area contributed by atoms with Crippen LogP contribution in [0.15, 0.2) is 36.4 Å². The third-order valence-electron chi connectivity index (χ3n) is 5.25. The summed E-state index contributed by atoms with van der Waals surface area (Å²) in [6.07, 6.45) is 0. The molecule has 0 unspecified atom stereocenters. The molecule has 0 bridgehead atoms. The van der Waals surface area contributed by atoms with Crippen LogP contribution < -0.4 is 40.6 Å². The molecule has 1 aliphatic heterocycles. The first kappa shape index (κ1) is 38.1. The number of hydrogen-bond acceptors (Lipinski definition) is 12. The molecular formula is C24H38N5NaO6S3. The Morgan fingerprint density at radius 2 is 1.85 bits per heavy atom. The van der Waals surface area contributed by atoms with Crippen molar-refractivity contribution in [2.24, 2.45) is 5.73 Å². The molecular weight excluding hydrogens is 573 g/mol. The molecule has 4 N–H and O–H groups in total. The molecule has 0 radical (unpaired) electrons. The summed E-state index contributed by atoms with van der Waals surface area (Å²) in [4.78, 5) is 12.6. The van der Waals surface area contributed by atoms with Gasteiger partial charge in [0.1, 0.15) is 6.04 Å². The second kappa shape index (κ2) is 19.2. The molecule has 1 aliphatic rings. The first-order valence-electron chi connectivity index (χ1n) is 11.9. The number of carbonyl (C=O) groups is 1. The van der Waals surface area contributed by atoms with Gasteiger partial charge in [0.2, 0.25) is 0 Å². The Hall–Kier alpha value is -0.940. The monoisotopic (exact) mass is 611 g/mol. The van der Waals surface area contributed by atoms with Crippen LogP contribution in [0.2, 0.25) is 0 Å². The van der Waals surface area contributed by atoms with Gasteiger partial charge >= 0.3 is 35.5 Å². The Balaban J connectivity index is 0.000000709. The fourth-order valence-electron chi connectivity index (χ4n) is 2.98. The largest absolute Gasteiger partial charge is 1.00 e. The van der Waals surface area contributed by atoms with E-state index in [1.807, 2.05) is 18.2 Å². The van der Waals surface area contributed by atoms with Crippen molar-refractivity contribution in [3.8, 4) is 11.3 Å². The van der Waals surface area contributed by atoms with Crippen LogP contribution in [-0.2, 0) is 19.6 Å². The normalized spacial score (nSPS) is 14.4. The van der Waals surface area contributed by atoms with Gasteiger partial charge in [0.05, 0.1) is 29.0 Å². The first-order valence-corrected chi connectivity index (χ1v) is 14.6. The second-order valence-corrected chi connectivity index (χ2v) is 12.1. The summed E-state index contributed by atoms with van der Waals surface area (Å²) in [6.45, 7) is 11.0. The van der Waals surface area contributed by atoms with Crippen LogP contribution in [0.4, 0.5) is 5.82 Å². The van der Waals surface area contributed by atoms with E-state index in [9.17, 15) is 17.8 Å². The number of anilines is 1. The number of hydrogen-bond donors (Lipinski definition) is 5. The molecule has 1 fully saturated rings. The van der Waals surface area contributed by atoms with Gasteiger partial charge in [0.15, 0.2) is 5.82 Å². The Kier molecular flexibility index (Phi) is 18.8. The van der Waals surface area contributed by atoms with E-state index in [1.165, 1.54) is 0 Å². The third-order valence-corrected chi connectivity index (χ3v) is 6.76. The molecule has 39 heavy (non-hydrogen) atoms. The number of thiol groups is 2. The Bertz CT molecular complexity index is 1090. The average Bonchev–Trinajstić information content (AvgIpc) is 2.85. The van der Waals surface area contributed by atoms with Crippen molar-refractivity contribution >= 4 is 47.2 Å². The summed E-state index contributed by atoms with van der Waals surface area (Å²) < 4.78 is 33.6. The van der Waals surface area contributed by atoms with Gasteiger partial charge < -0.3 is 25.4 Å². The molecule has 2 heterocycles. The number of nitrogens with two attached hydrogens (primary N) is 1. The molecule has 1 aromatic heterocycles. The summed E-state index contributed by atoms with van der Waals surface area (Å²) in [5.74, 6) is -0.426. The molecule has 0 spiro atoms. The quantitative estimate of drug-likeness (QED) is 0.131. The maximum atomic E-state index is 10.2. The van der Waals surface area contributed by atoms with E-state index in [0.717, 1.165) is 62.0 Å². The van der Waals surface area contributed by atoms with Gasteiger partial charge in [0, 0.05) is 48.0 Å². The summed E-state index contributed by atoms with van der Waals surface area (Å²) in [5, 5.41) is 20.4. The number of benzene rings is 1. The number of carboxylic acids is 1. The summed E-state index contributed by atoms with van der Waals surface area (Å²) in [5.41, 5.74) is 8.35. The van der Waals surface area contributed by atoms with Crippen molar-refractivity contribution in [1.29, 1.82) is 0 Å². The molecule has 11 nitrogen and oxygen atoms in total. The fourth-order valence-corrected chi connectivity index (χ4v) is 3.99. The van der Waals surface area contributed by atoms with Crippen LogP contribution >= 0.6 is 25.3 Å². The van der Waals surface area contributed by atoms with Crippen LogP contribution in [0.1, 0.15) is 19.4 Å². The van der Waals surface area contributed by atoms with Crippen LogP contribution in [0.25, 0.3) is 11.3 Å². The van der Waals surface area contributed by atoms with Crippen LogP contribution in [0.3, 0.4) is 0 Å². The fraction of sp³-hybridized carbons (Fsp3) is 0.542. The number of aliphatic carboxylic acids is 1. The zero-order valence-corrected chi connectivity index (χ0v) is 27.5. The molecule has 0 saturated carbocycles. The Labute approximate surface area is 264 Å². The Morgan fingerprint density at radius 1 is 1.26 bits per heavy atom. The van der Waals surface area contributed by atoms with Crippen molar-refractivity contribution < 1.29 is 57.2 Å². The minimum absolute atomic E-state index is 0. The van der Waals surface area contributed by atoms with Crippen LogP contribution in [0.5, 0.6) is 0 Å². The van der Waals surface area contributed by atoms with Gasteiger partial charge in [-0.25, -0.2) is 8.42 Å². The van der Waals surface area contributed by atoms with E-state index in [4.69, 9.17) is 15.6 Å². The molecule has 0 amide bonds. The SMILES string of the molecule is CC(C)(S)[C@@H](N)C(=O)O.Cc1cc(-c2ccccc2)nnc1NCCN1CCOCC1.O=S(=O)([O-])CCS.[Na+]. The summed E-state index contributed by atoms with van der Waals surface area (Å²) in [6, 6.07) is 11.3. The topological polar surface area (TPSA) is 171 Å². The molecule has 1 atom stereocenters. The van der Waals surface area contributed by atoms with Crippen LogP contribution in [0, 0.1) is 6.92 Å². The molecule has 15 heteroatoms. The number of morpholine rings is 1. The van der Waals surface area contributed by atoms with Gasteiger partial charge in [-0.1, -0.05) is 30.3 Å². The van der Waals surface area contributed by atoms with E-state index in [0.29, 0.717) is 0 Å². The third kappa shape index (κ3) is 16.8. The molecule has 1 aromatic carbocycles. The van der Waals surface area contributed by atoms with Crippen molar-refractivity contribution in [1.82, 2.24) is 15.1 Å². The number of rotatable bonds is 9. The van der Waals surface area contributed by atoms with Gasteiger partial charge in [-0.05, 0) is 32.4 Å². The van der Waals surface area contributed by atoms with Gasteiger partial charge in [-0.3, -0.25) is 9.69 Å². The molecule has 2 aromatic rings. The zero-order chi connectivity index (χ0) is 28.8. The predicted molar refractivity (Wildman–Crippen MR) is 155 cm³/mol. The van der Waals surface area contributed by atoms with E-state index < -0.39 is 26.9 Å². The van der Waals surface area contributed by atoms with E-state index >= 15 is 0 Å². The second-order valence-electron chi connectivity index (χ2n) is 8.96. The smallest absolute Gasteiger partial charge is 0.748 e. The molecule has 3 rings (SSSR count). The maximum absolute atomic E-state index is 10.2. The number of aryl methyl sites for hydroxylation is 1. The van der Waals surface area contributed by atoms with Gasteiger partial charge in [-0.2, -0.15) is 25.3 Å². The summed E-state index contributed by atoms with van der Waals surface area (Å²) >= 11 is 7.52. The van der Waals surface area contributed by atoms with E-state index in [2.05, 4.69) is 70.8 Å². The number of aromatic nitrogens is 2. The first-order chi connectivity index (χ1) is 17.7. The van der Waals surface area contributed by atoms with Gasteiger partial charge in [-0.15, -0.1) is 10.2 Å². The molecule has 214 valence electrons. The van der Waals surface area contributed by atoms with Crippen molar-refractivity contribution in [2.75, 3.05) is 56.2 Å². The van der Waals surface area contributed by atoms with E-state index in [1.54, 1.807) is 13.8 Å². The van der Waals surface area contributed by atoms with Crippen LogP contribution in [-0.4, -0.2) is 101 Å². The predicted octanol–water partition coefficient (Wildman–Crippen LogP) is -1.23. The van der Waals surface area contributed by atoms with Crippen molar-refractivity contribution in [2.45, 2.75) is 31.6 Å². The van der Waals surface area contributed by atoms with Crippen molar-refractivity contribution in [3.63, 3.8) is 0 Å². The number of nitrogens with zero attached hydrogens (tertiary/aromatic N) is 3.